The molecule has 0 radical (unpaired) electrons. The Morgan fingerprint density at radius 3 is 2.63 bits per heavy atom. The summed E-state index contributed by atoms with van der Waals surface area (Å²) < 4.78 is 5.64. The van der Waals surface area contributed by atoms with Gasteiger partial charge in [0.1, 0.15) is 5.75 Å². The Bertz CT molecular complexity index is 325. The molecular weight excluding hydrogens is 234 g/mol. The average Bonchev–Trinajstić information content (AvgIpc) is 2.44. The van der Waals surface area contributed by atoms with Crippen LogP contribution < -0.4 is 10.1 Å². The van der Waals surface area contributed by atoms with Crippen molar-refractivity contribution in [1.29, 1.82) is 0 Å². The van der Waals surface area contributed by atoms with E-state index >= 15 is 0 Å². The van der Waals surface area contributed by atoms with E-state index in [0.717, 1.165) is 31.9 Å². The van der Waals surface area contributed by atoms with Crippen molar-refractivity contribution in [2.45, 2.75) is 58.9 Å². The normalized spacial score (nSPS) is 10.6. The highest BCUT2D eigenvalue weighted by atomic mass is 16.5. The van der Waals surface area contributed by atoms with Crippen LogP contribution in [0.25, 0.3) is 0 Å². The van der Waals surface area contributed by atoms with E-state index in [0.29, 0.717) is 0 Å². The molecule has 0 aliphatic rings. The molecule has 0 bridgehead atoms. The van der Waals surface area contributed by atoms with E-state index < -0.39 is 0 Å². The van der Waals surface area contributed by atoms with Crippen LogP contribution in [0.4, 0.5) is 0 Å². The average molecular weight is 263 g/mol. The molecule has 0 fully saturated rings. The highest BCUT2D eigenvalue weighted by molar-refractivity contribution is 5.28. The van der Waals surface area contributed by atoms with Gasteiger partial charge in [-0.15, -0.1) is 0 Å². The van der Waals surface area contributed by atoms with E-state index in [1.54, 1.807) is 0 Å². The van der Waals surface area contributed by atoms with Crippen LogP contribution >= 0.6 is 0 Å². The Balaban J connectivity index is 2.14. The minimum atomic E-state index is 0.800. The zero-order valence-electron chi connectivity index (χ0n) is 12.6. The molecule has 0 aliphatic carbocycles. The molecule has 0 atom stereocenters. The Morgan fingerprint density at radius 1 is 1.00 bits per heavy atom. The number of unbranched alkanes of at least 4 members (excludes halogenated alkanes) is 4. The van der Waals surface area contributed by atoms with E-state index in [2.05, 4.69) is 37.4 Å². The summed E-state index contributed by atoms with van der Waals surface area (Å²) in [5.41, 5.74) is 1.31. The van der Waals surface area contributed by atoms with Crippen LogP contribution in [0.15, 0.2) is 24.3 Å². The summed E-state index contributed by atoms with van der Waals surface area (Å²) in [5.74, 6) is 0.990. The molecule has 1 rings (SSSR count). The van der Waals surface area contributed by atoms with Crippen LogP contribution in [0.1, 0.15) is 57.9 Å². The van der Waals surface area contributed by atoms with Crippen LogP contribution in [0.3, 0.4) is 0 Å². The smallest absolute Gasteiger partial charge is 0.119 e. The highest BCUT2D eigenvalue weighted by Gasteiger charge is 1.97. The lowest BCUT2D eigenvalue weighted by Crippen LogP contribution is -2.14. The fraction of sp³-hybridized carbons (Fsp3) is 0.647. The lowest BCUT2D eigenvalue weighted by atomic mass is 10.1. The molecule has 0 saturated heterocycles. The minimum Gasteiger partial charge on any atom is -0.494 e. The van der Waals surface area contributed by atoms with Gasteiger partial charge >= 0.3 is 0 Å². The zero-order chi connectivity index (χ0) is 13.8. The molecule has 108 valence electrons. The second kappa shape index (κ2) is 10.9. The summed E-state index contributed by atoms with van der Waals surface area (Å²) in [7, 11) is 0. The Morgan fingerprint density at radius 2 is 1.84 bits per heavy atom. The SMILES string of the molecule is CCCCCCCNCc1cccc(OCCC)c1. The molecule has 2 heteroatoms. The predicted molar refractivity (Wildman–Crippen MR) is 82.7 cm³/mol. The standard InChI is InChI=1S/C17H29NO/c1-3-5-6-7-8-12-18-15-16-10-9-11-17(14-16)19-13-4-2/h9-11,14,18H,3-8,12-13,15H2,1-2H3. The number of rotatable bonds is 11. The van der Waals surface area contributed by atoms with E-state index in [-0.39, 0.29) is 0 Å². The lowest BCUT2D eigenvalue weighted by Gasteiger charge is -2.08. The number of hydrogen-bond donors (Lipinski definition) is 1. The van der Waals surface area contributed by atoms with Gasteiger partial charge in [0, 0.05) is 6.54 Å². The predicted octanol–water partition coefficient (Wildman–Crippen LogP) is 4.54. The second-order valence-electron chi connectivity index (χ2n) is 5.09. The van der Waals surface area contributed by atoms with Crippen LogP contribution in [0.5, 0.6) is 5.75 Å². The molecule has 0 amide bonds. The van der Waals surface area contributed by atoms with E-state index in [1.165, 1.54) is 37.7 Å². The van der Waals surface area contributed by atoms with Crippen molar-refractivity contribution in [3.8, 4) is 5.75 Å². The van der Waals surface area contributed by atoms with Gasteiger partial charge in [0.05, 0.1) is 6.61 Å². The third kappa shape index (κ3) is 7.89. The number of benzene rings is 1. The van der Waals surface area contributed by atoms with Gasteiger partial charge < -0.3 is 10.1 Å². The summed E-state index contributed by atoms with van der Waals surface area (Å²) in [6, 6.07) is 8.40. The molecule has 0 unspecified atom stereocenters. The third-order valence-electron chi connectivity index (χ3n) is 3.16. The Kier molecular flexibility index (Phi) is 9.17. The topological polar surface area (TPSA) is 21.3 Å². The summed E-state index contributed by atoms with van der Waals surface area (Å²) in [6.07, 6.45) is 7.75. The molecule has 0 heterocycles. The number of ether oxygens (including phenoxy) is 1. The lowest BCUT2D eigenvalue weighted by molar-refractivity contribution is 0.317. The number of hydrogen-bond acceptors (Lipinski definition) is 2. The maximum Gasteiger partial charge on any atom is 0.119 e. The van der Waals surface area contributed by atoms with Crippen molar-refractivity contribution in [2.75, 3.05) is 13.2 Å². The van der Waals surface area contributed by atoms with Gasteiger partial charge in [-0.2, -0.15) is 0 Å². The van der Waals surface area contributed by atoms with Crippen molar-refractivity contribution >= 4 is 0 Å². The fourth-order valence-corrected chi connectivity index (χ4v) is 2.05. The summed E-state index contributed by atoms with van der Waals surface area (Å²) in [5, 5.41) is 3.51. The van der Waals surface area contributed by atoms with Crippen molar-refractivity contribution in [1.82, 2.24) is 5.32 Å². The van der Waals surface area contributed by atoms with Crippen molar-refractivity contribution in [3.05, 3.63) is 29.8 Å². The second-order valence-corrected chi connectivity index (χ2v) is 5.09. The van der Waals surface area contributed by atoms with Gasteiger partial charge in [-0.3, -0.25) is 0 Å². The van der Waals surface area contributed by atoms with E-state index in [1.807, 2.05) is 6.07 Å². The molecule has 19 heavy (non-hydrogen) atoms. The summed E-state index contributed by atoms with van der Waals surface area (Å²) >= 11 is 0. The van der Waals surface area contributed by atoms with Crippen molar-refractivity contribution in [3.63, 3.8) is 0 Å². The molecule has 0 spiro atoms. The van der Waals surface area contributed by atoms with Crippen molar-refractivity contribution < 1.29 is 4.74 Å². The van der Waals surface area contributed by atoms with E-state index in [9.17, 15) is 0 Å². The number of nitrogens with one attached hydrogen (secondary N) is 1. The summed E-state index contributed by atoms with van der Waals surface area (Å²) in [6.45, 7) is 7.24. The molecule has 1 aromatic rings. The zero-order valence-corrected chi connectivity index (χ0v) is 12.6. The van der Waals surface area contributed by atoms with Gasteiger partial charge in [0.2, 0.25) is 0 Å². The molecule has 1 aromatic carbocycles. The van der Waals surface area contributed by atoms with Gasteiger partial charge in [0.15, 0.2) is 0 Å². The first-order valence-electron chi connectivity index (χ1n) is 7.79. The Hall–Kier alpha value is -1.02. The first-order chi connectivity index (χ1) is 9.36. The molecule has 1 N–H and O–H groups in total. The van der Waals surface area contributed by atoms with Gasteiger partial charge in [0.25, 0.3) is 0 Å². The first kappa shape index (κ1) is 16.0. The maximum absolute atomic E-state index is 5.64. The molecular formula is C17H29NO. The molecule has 0 aliphatic heterocycles. The van der Waals surface area contributed by atoms with Gasteiger partial charge in [-0.25, -0.2) is 0 Å². The third-order valence-corrected chi connectivity index (χ3v) is 3.16. The van der Waals surface area contributed by atoms with Crippen LogP contribution in [0, 0.1) is 0 Å². The quantitative estimate of drug-likeness (QED) is 0.592. The fourth-order valence-electron chi connectivity index (χ4n) is 2.05. The van der Waals surface area contributed by atoms with E-state index in [4.69, 9.17) is 4.74 Å². The molecule has 2 nitrogen and oxygen atoms in total. The highest BCUT2D eigenvalue weighted by Crippen LogP contribution is 2.13. The van der Waals surface area contributed by atoms with Crippen LogP contribution in [-0.4, -0.2) is 13.2 Å². The van der Waals surface area contributed by atoms with Crippen molar-refractivity contribution in [2.24, 2.45) is 0 Å². The van der Waals surface area contributed by atoms with Gasteiger partial charge in [-0.05, 0) is 37.1 Å². The van der Waals surface area contributed by atoms with Crippen LogP contribution in [0.2, 0.25) is 0 Å². The maximum atomic E-state index is 5.64. The monoisotopic (exact) mass is 263 g/mol. The summed E-state index contributed by atoms with van der Waals surface area (Å²) in [4.78, 5) is 0. The molecule has 0 aromatic heterocycles. The minimum absolute atomic E-state index is 0.800. The molecule has 0 saturated carbocycles. The van der Waals surface area contributed by atoms with Gasteiger partial charge in [-0.1, -0.05) is 51.7 Å². The Labute approximate surface area is 118 Å². The van der Waals surface area contributed by atoms with Crippen LogP contribution in [-0.2, 0) is 6.54 Å². The largest absolute Gasteiger partial charge is 0.494 e. The first-order valence-corrected chi connectivity index (χ1v) is 7.79.